The number of hydrogen-bond acceptors (Lipinski definition) is 4. The molecule has 0 radical (unpaired) electrons. The molecule has 0 aliphatic carbocycles. The molecule has 0 fully saturated rings. The minimum atomic E-state index is -0.0549. The van der Waals surface area contributed by atoms with Crippen LogP contribution >= 0.6 is 0 Å². The van der Waals surface area contributed by atoms with Gasteiger partial charge in [0.2, 0.25) is 5.91 Å². The standard InChI is InChI=1S/C19H22N4O2/c1-12-18(14(3)23(21-12)16-8-6-5-7-9-16)11-20-19(24)10-17-13(2)22-25-15(17)4/h5-9H,10-11H2,1-4H3,(H,20,24). The number of para-hydroxylation sites is 1. The molecule has 2 aromatic heterocycles. The minimum Gasteiger partial charge on any atom is -0.361 e. The third kappa shape index (κ3) is 3.47. The van der Waals surface area contributed by atoms with Crippen molar-refractivity contribution in [3.8, 4) is 5.69 Å². The fourth-order valence-electron chi connectivity index (χ4n) is 2.92. The van der Waals surface area contributed by atoms with Crippen LogP contribution in [0.15, 0.2) is 34.9 Å². The number of nitrogens with zero attached hydrogens (tertiary/aromatic N) is 3. The van der Waals surface area contributed by atoms with Gasteiger partial charge in [0, 0.05) is 23.4 Å². The van der Waals surface area contributed by atoms with Crippen molar-refractivity contribution in [1.29, 1.82) is 0 Å². The predicted octanol–water partition coefficient (Wildman–Crippen LogP) is 2.95. The zero-order valence-electron chi connectivity index (χ0n) is 15.0. The first-order valence-electron chi connectivity index (χ1n) is 8.26. The van der Waals surface area contributed by atoms with Crippen LogP contribution < -0.4 is 5.32 Å². The highest BCUT2D eigenvalue weighted by molar-refractivity contribution is 5.79. The molecule has 0 spiro atoms. The molecule has 3 rings (SSSR count). The van der Waals surface area contributed by atoms with Crippen LogP contribution in [0.2, 0.25) is 0 Å². The van der Waals surface area contributed by atoms with Crippen molar-refractivity contribution in [3.05, 3.63) is 64.3 Å². The second-order valence-corrected chi connectivity index (χ2v) is 6.15. The van der Waals surface area contributed by atoms with Gasteiger partial charge in [0.05, 0.1) is 23.5 Å². The lowest BCUT2D eigenvalue weighted by molar-refractivity contribution is -0.120. The van der Waals surface area contributed by atoms with Crippen LogP contribution in [0, 0.1) is 27.7 Å². The topological polar surface area (TPSA) is 73.0 Å². The molecular formula is C19H22N4O2. The Labute approximate surface area is 146 Å². The summed E-state index contributed by atoms with van der Waals surface area (Å²) < 4.78 is 7.01. The summed E-state index contributed by atoms with van der Waals surface area (Å²) in [6, 6.07) is 9.97. The Morgan fingerprint density at radius 3 is 2.44 bits per heavy atom. The van der Waals surface area contributed by atoms with E-state index >= 15 is 0 Å². The lowest BCUT2D eigenvalue weighted by Crippen LogP contribution is -2.25. The summed E-state index contributed by atoms with van der Waals surface area (Å²) in [5.74, 6) is 0.637. The summed E-state index contributed by atoms with van der Waals surface area (Å²) in [5, 5.41) is 11.5. The molecule has 0 saturated carbocycles. The highest BCUT2D eigenvalue weighted by atomic mass is 16.5. The first-order valence-corrected chi connectivity index (χ1v) is 8.26. The Morgan fingerprint density at radius 1 is 1.08 bits per heavy atom. The van der Waals surface area contributed by atoms with Gasteiger partial charge in [0.1, 0.15) is 5.76 Å². The molecule has 2 heterocycles. The minimum absolute atomic E-state index is 0.0549. The Hall–Kier alpha value is -2.89. The van der Waals surface area contributed by atoms with Crippen LogP contribution in [-0.4, -0.2) is 20.8 Å². The van der Waals surface area contributed by atoms with E-state index < -0.39 is 0 Å². The van der Waals surface area contributed by atoms with Gasteiger partial charge in [0.15, 0.2) is 0 Å². The van der Waals surface area contributed by atoms with Crippen LogP contribution in [0.3, 0.4) is 0 Å². The number of nitrogens with one attached hydrogen (secondary N) is 1. The molecule has 0 aliphatic rings. The number of amides is 1. The maximum atomic E-state index is 12.3. The molecule has 1 aromatic carbocycles. The molecule has 130 valence electrons. The van der Waals surface area contributed by atoms with E-state index in [0.717, 1.165) is 33.9 Å². The first-order chi connectivity index (χ1) is 12.0. The largest absolute Gasteiger partial charge is 0.361 e. The average molecular weight is 338 g/mol. The van der Waals surface area contributed by atoms with Crippen molar-refractivity contribution in [3.63, 3.8) is 0 Å². The van der Waals surface area contributed by atoms with Crippen molar-refractivity contribution in [2.24, 2.45) is 0 Å². The van der Waals surface area contributed by atoms with E-state index in [1.165, 1.54) is 0 Å². The summed E-state index contributed by atoms with van der Waals surface area (Å²) in [7, 11) is 0. The molecule has 0 aliphatic heterocycles. The number of rotatable bonds is 5. The average Bonchev–Trinajstić information content (AvgIpc) is 3.07. The van der Waals surface area contributed by atoms with E-state index in [9.17, 15) is 4.79 Å². The molecule has 0 atom stereocenters. The number of aromatic nitrogens is 3. The second kappa shape index (κ2) is 6.93. The van der Waals surface area contributed by atoms with Crippen molar-refractivity contribution >= 4 is 5.91 Å². The molecule has 0 bridgehead atoms. The highest BCUT2D eigenvalue weighted by Gasteiger charge is 2.16. The summed E-state index contributed by atoms with van der Waals surface area (Å²) >= 11 is 0. The van der Waals surface area contributed by atoms with Gasteiger partial charge in [-0.2, -0.15) is 5.10 Å². The van der Waals surface area contributed by atoms with Crippen LogP contribution in [0.5, 0.6) is 0 Å². The summed E-state index contributed by atoms with van der Waals surface area (Å²) in [4.78, 5) is 12.3. The SMILES string of the molecule is Cc1noc(C)c1CC(=O)NCc1c(C)nn(-c2ccccc2)c1C. The van der Waals surface area contributed by atoms with E-state index in [-0.39, 0.29) is 12.3 Å². The van der Waals surface area contributed by atoms with E-state index in [1.54, 1.807) is 0 Å². The molecule has 0 unspecified atom stereocenters. The number of carbonyl (C=O) groups excluding carboxylic acids is 1. The van der Waals surface area contributed by atoms with Crippen molar-refractivity contribution in [1.82, 2.24) is 20.3 Å². The van der Waals surface area contributed by atoms with E-state index in [0.29, 0.717) is 12.3 Å². The van der Waals surface area contributed by atoms with Crippen molar-refractivity contribution in [2.75, 3.05) is 0 Å². The normalized spacial score (nSPS) is 10.9. The van der Waals surface area contributed by atoms with Crippen LogP contribution in [0.4, 0.5) is 0 Å². The number of aryl methyl sites for hydroxylation is 3. The van der Waals surface area contributed by atoms with Crippen molar-refractivity contribution in [2.45, 2.75) is 40.7 Å². The Balaban J connectivity index is 1.71. The molecule has 1 N–H and O–H groups in total. The lowest BCUT2D eigenvalue weighted by Gasteiger charge is -2.07. The third-order valence-corrected chi connectivity index (χ3v) is 4.42. The molecule has 25 heavy (non-hydrogen) atoms. The fraction of sp³-hybridized carbons (Fsp3) is 0.316. The smallest absolute Gasteiger partial charge is 0.224 e. The zero-order chi connectivity index (χ0) is 18.0. The predicted molar refractivity (Wildman–Crippen MR) is 94.6 cm³/mol. The molecule has 6 heteroatoms. The van der Waals surface area contributed by atoms with Gasteiger partial charge < -0.3 is 9.84 Å². The molecular weight excluding hydrogens is 316 g/mol. The number of benzene rings is 1. The van der Waals surface area contributed by atoms with Gasteiger partial charge in [0.25, 0.3) is 0 Å². The maximum Gasteiger partial charge on any atom is 0.224 e. The van der Waals surface area contributed by atoms with Crippen LogP contribution in [0.25, 0.3) is 5.69 Å². The molecule has 6 nitrogen and oxygen atoms in total. The zero-order valence-corrected chi connectivity index (χ0v) is 15.0. The Morgan fingerprint density at radius 2 is 1.80 bits per heavy atom. The van der Waals surface area contributed by atoms with Crippen LogP contribution in [0.1, 0.15) is 34.0 Å². The van der Waals surface area contributed by atoms with Gasteiger partial charge in [-0.25, -0.2) is 4.68 Å². The van der Waals surface area contributed by atoms with E-state index in [4.69, 9.17) is 4.52 Å². The number of hydrogen-bond donors (Lipinski definition) is 1. The van der Waals surface area contributed by atoms with E-state index in [1.807, 2.05) is 62.7 Å². The molecule has 1 amide bonds. The fourth-order valence-corrected chi connectivity index (χ4v) is 2.92. The van der Waals surface area contributed by atoms with Gasteiger partial charge in [-0.1, -0.05) is 23.4 Å². The van der Waals surface area contributed by atoms with Gasteiger partial charge in [-0.3, -0.25) is 4.79 Å². The van der Waals surface area contributed by atoms with Crippen LogP contribution in [-0.2, 0) is 17.8 Å². The molecule has 0 saturated heterocycles. The summed E-state index contributed by atoms with van der Waals surface area (Å²) in [6.07, 6.45) is 0.270. The van der Waals surface area contributed by atoms with E-state index in [2.05, 4.69) is 15.6 Å². The van der Waals surface area contributed by atoms with Gasteiger partial charge in [-0.05, 0) is 39.8 Å². The first kappa shape index (κ1) is 17.0. The molecule has 3 aromatic rings. The second-order valence-electron chi connectivity index (χ2n) is 6.15. The number of carbonyl (C=O) groups is 1. The maximum absolute atomic E-state index is 12.3. The highest BCUT2D eigenvalue weighted by Crippen LogP contribution is 2.18. The lowest BCUT2D eigenvalue weighted by atomic mass is 10.1. The summed E-state index contributed by atoms with van der Waals surface area (Å²) in [5.41, 5.74) is 5.61. The van der Waals surface area contributed by atoms with Crippen molar-refractivity contribution < 1.29 is 9.32 Å². The monoisotopic (exact) mass is 338 g/mol. The summed E-state index contributed by atoms with van der Waals surface area (Å²) in [6.45, 7) is 8.09. The third-order valence-electron chi connectivity index (χ3n) is 4.42. The van der Waals surface area contributed by atoms with Gasteiger partial charge in [-0.15, -0.1) is 0 Å². The Bertz CT molecular complexity index is 874. The quantitative estimate of drug-likeness (QED) is 0.776. The Kier molecular flexibility index (Phi) is 4.70. The van der Waals surface area contributed by atoms with Gasteiger partial charge >= 0.3 is 0 Å².